The fraction of sp³-hybridized carbons (Fsp3) is 0.333. The third-order valence-electron chi connectivity index (χ3n) is 3.19. The number of carbonyl (C=O) groups is 2. The summed E-state index contributed by atoms with van der Waals surface area (Å²) in [6.07, 6.45) is 6.48. The van der Waals surface area contributed by atoms with Crippen molar-refractivity contribution < 1.29 is 14.3 Å². The largest absolute Gasteiger partial charge is 0.467 e. The molecule has 1 atom stereocenters. The number of amides is 1. The molecule has 22 heavy (non-hydrogen) atoms. The summed E-state index contributed by atoms with van der Waals surface area (Å²) in [7, 11) is 1.30. The Labute approximate surface area is 128 Å². The number of hydrogen-bond donors (Lipinski definition) is 1. The van der Waals surface area contributed by atoms with Gasteiger partial charge >= 0.3 is 5.97 Å². The number of hydrogen-bond acceptors (Lipinski definition) is 5. The average molecular weight is 302 g/mol. The fourth-order valence-electron chi connectivity index (χ4n) is 1.92. The quantitative estimate of drug-likeness (QED) is 0.839. The molecule has 0 spiro atoms. The molecule has 0 aliphatic rings. The highest BCUT2D eigenvalue weighted by atomic mass is 16.5. The number of methoxy groups -OCH3 is 1. The van der Waals surface area contributed by atoms with Crippen LogP contribution in [0.25, 0.3) is 5.82 Å². The molecular formula is C15H18N4O3. The zero-order valence-electron chi connectivity index (χ0n) is 12.7. The van der Waals surface area contributed by atoms with Crippen molar-refractivity contribution in [2.24, 2.45) is 5.92 Å². The van der Waals surface area contributed by atoms with Gasteiger partial charge in [0, 0.05) is 18.6 Å². The van der Waals surface area contributed by atoms with E-state index in [0.29, 0.717) is 11.4 Å². The van der Waals surface area contributed by atoms with E-state index in [-0.39, 0.29) is 11.8 Å². The molecule has 0 fully saturated rings. The summed E-state index contributed by atoms with van der Waals surface area (Å²) >= 11 is 0. The van der Waals surface area contributed by atoms with Crippen molar-refractivity contribution in [2.75, 3.05) is 7.11 Å². The topological polar surface area (TPSA) is 86.1 Å². The highest BCUT2D eigenvalue weighted by molar-refractivity contribution is 5.96. The average Bonchev–Trinajstić information content (AvgIpc) is 3.06. The van der Waals surface area contributed by atoms with Crippen LogP contribution in [-0.4, -0.2) is 39.6 Å². The van der Waals surface area contributed by atoms with Crippen LogP contribution in [0, 0.1) is 5.92 Å². The molecule has 116 valence electrons. The molecule has 7 nitrogen and oxygen atoms in total. The summed E-state index contributed by atoms with van der Waals surface area (Å²) < 4.78 is 6.43. The van der Waals surface area contributed by atoms with Crippen LogP contribution in [0.2, 0.25) is 0 Å². The second kappa shape index (κ2) is 6.84. The maximum atomic E-state index is 12.2. The van der Waals surface area contributed by atoms with Crippen molar-refractivity contribution in [3.8, 4) is 5.82 Å². The van der Waals surface area contributed by atoms with Crippen molar-refractivity contribution in [3.63, 3.8) is 0 Å². The highest BCUT2D eigenvalue weighted by Crippen LogP contribution is 2.08. The van der Waals surface area contributed by atoms with Crippen LogP contribution in [0.1, 0.15) is 24.2 Å². The Kier molecular flexibility index (Phi) is 4.88. The Morgan fingerprint density at radius 2 is 2.09 bits per heavy atom. The zero-order valence-corrected chi connectivity index (χ0v) is 12.7. The maximum absolute atomic E-state index is 12.2. The van der Waals surface area contributed by atoms with Gasteiger partial charge < -0.3 is 10.1 Å². The van der Waals surface area contributed by atoms with E-state index in [1.165, 1.54) is 13.3 Å². The summed E-state index contributed by atoms with van der Waals surface area (Å²) in [4.78, 5) is 32.0. The number of rotatable bonds is 5. The number of imidazole rings is 1. The Hall–Kier alpha value is -2.70. The van der Waals surface area contributed by atoms with Crippen molar-refractivity contribution in [1.29, 1.82) is 0 Å². The van der Waals surface area contributed by atoms with Gasteiger partial charge in [0.2, 0.25) is 0 Å². The molecule has 1 amide bonds. The normalized spacial score (nSPS) is 12.0. The molecule has 0 saturated heterocycles. The van der Waals surface area contributed by atoms with Gasteiger partial charge in [0.15, 0.2) is 0 Å². The lowest BCUT2D eigenvalue weighted by Crippen LogP contribution is -2.45. The van der Waals surface area contributed by atoms with Gasteiger partial charge in [-0.25, -0.2) is 14.8 Å². The lowest BCUT2D eigenvalue weighted by Gasteiger charge is -2.19. The minimum Gasteiger partial charge on any atom is -0.467 e. The van der Waals surface area contributed by atoms with E-state index in [2.05, 4.69) is 15.3 Å². The highest BCUT2D eigenvalue weighted by Gasteiger charge is 2.25. The van der Waals surface area contributed by atoms with Crippen molar-refractivity contribution >= 4 is 11.9 Å². The van der Waals surface area contributed by atoms with Crippen LogP contribution in [0.5, 0.6) is 0 Å². The summed E-state index contributed by atoms with van der Waals surface area (Å²) in [6, 6.07) is 2.66. The SMILES string of the molecule is COC(=O)[C@@H](NC(=O)c1ccc(-n2ccnc2)nc1)C(C)C. The first-order chi connectivity index (χ1) is 10.5. The minimum atomic E-state index is -0.689. The standard InChI is InChI=1S/C15H18N4O3/c1-10(2)13(15(21)22-3)18-14(20)11-4-5-12(17-8-11)19-7-6-16-9-19/h4-10,13H,1-3H3,(H,18,20)/t13-/m0/s1. The van der Waals surface area contributed by atoms with Crippen molar-refractivity contribution in [2.45, 2.75) is 19.9 Å². The summed E-state index contributed by atoms with van der Waals surface area (Å²) in [5.41, 5.74) is 0.374. The molecule has 0 aromatic carbocycles. The van der Waals surface area contributed by atoms with Crippen LogP contribution in [0.15, 0.2) is 37.1 Å². The molecule has 0 saturated carbocycles. The number of aromatic nitrogens is 3. The van der Waals surface area contributed by atoms with E-state index in [1.807, 2.05) is 13.8 Å². The molecule has 0 unspecified atom stereocenters. The van der Waals surface area contributed by atoms with E-state index in [1.54, 1.807) is 35.4 Å². The van der Waals surface area contributed by atoms with Crippen LogP contribution >= 0.6 is 0 Å². The lowest BCUT2D eigenvalue weighted by molar-refractivity contribution is -0.144. The molecule has 7 heteroatoms. The number of nitrogens with zero attached hydrogens (tertiary/aromatic N) is 3. The first-order valence-electron chi connectivity index (χ1n) is 6.86. The van der Waals surface area contributed by atoms with Crippen LogP contribution in [0.3, 0.4) is 0 Å². The maximum Gasteiger partial charge on any atom is 0.328 e. The van der Waals surface area contributed by atoms with Gasteiger partial charge in [-0.3, -0.25) is 9.36 Å². The molecule has 0 aliphatic heterocycles. The first kappa shape index (κ1) is 15.7. The minimum absolute atomic E-state index is 0.0745. The molecule has 2 rings (SSSR count). The van der Waals surface area contributed by atoms with Gasteiger partial charge in [0.25, 0.3) is 5.91 Å². The second-order valence-electron chi connectivity index (χ2n) is 5.09. The van der Waals surface area contributed by atoms with Gasteiger partial charge in [-0.2, -0.15) is 0 Å². The molecule has 0 bridgehead atoms. The second-order valence-corrected chi connectivity index (χ2v) is 5.09. The van der Waals surface area contributed by atoms with Gasteiger partial charge in [-0.1, -0.05) is 13.8 Å². The van der Waals surface area contributed by atoms with E-state index in [0.717, 1.165) is 0 Å². The van der Waals surface area contributed by atoms with Gasteiger partial charge in [0.05, 0.1) is 12.7 Å². The Morgan fingerprint density at radius 3 is 2.59 bits per heavy atom. The van der Waals surface area contributed by atoms with E-state index < -0.39 is 12.0 Å². The Morgan fingerprint density at radius 1 is 1.32 bits per heavy atom. The zero-order chi connectivity index (χ0) is 16.1. The Balaban J connectivity index is 2.11. The third-order valence-corrected chi connectivity index (χ3v) is 3.19. The fourth-order valence-corrected chi connectivity index (χ4v) is 1.92. The summed E-state index contributed by atoms with van der Waals surface area (Å²) in [5.74, 6) is -0.253. The number of esters is 1. The molecule has 0 radical (unpaired) electrons. The number of nitrogens with one attached hydrogen (secondary N) is 1. The molecule has 1 N–H and O–H groups in total. The van der Waals surface area contributed by atoms with Crippen molar-refractivity contribution in [3.05, 3.63) is 42.6 Å². The summed E-state index contributed by atoms with van der Waals surface area (Å²) in [6.45, 7) is 3.67. The molecule has 2 aromatic rings. The van der Waals surface area contributed by atoms with E-state index >= 15 is 0 Å². The van der Waals surface area contributed by atoms with Gasteiger partial charge in [-0.15, -0.1) is 0 Å². The molecule has 2 aromatic heterocycles. The molecule has 2 heterocycles. The van der Waals surface area contributed by atoms with Crippen LogP contribution < -0.4 is 5.32 Å². The van der Waals surface area contributed by atoms with Gasteiger partial charge in [0.1, 0.15) is 18.2 Å². The number of pyridine rings is 1. The molecular weight excluding hydrogens is 284 g/mol. The first-order valence-corrected chi connectivity index (χ1v) is 6.86. The van der Waals surface area contributed by atoms with E-state index in [9.17, 15) is 9.59 Å². The lowest BCUT2D eigenvalue weighted by atomic mass is 10.0. The van der Waals surface area contributed by atoms with Crippen LogP contribution in [-0.2, 0) is 9.53 Å². The van der Waals surface area contributed by atoms with Gasteiger partial charge in [-0.05, 0) is 18.1 Å². The molecule has 0 aliphatic carbocycles. The number of carbonyl (C=O) groups excluding carboxylic acids is 2. The van der Waals surface area contributed by atoms with Crippen LogP contribution in [0.4, 0.5) is 0 Å². The predicted molar refractivity (Wildman–Crippen MR) is 79.5 cm³/mol. The third kappa shape index (κ3) is 3.49. The predicted octanol–water partition coefficient (Wildman–Crippen LogP) is 1.19. The smallest absolute Gasteiger partial charge is 0.328 e. The summed E-state index contributed by atoms with van der Waals surface area (Å²) in [5, 5.41) is 2.67. The number of ether oxygens (including phenoxy) is 1. The Bertz CT molecular complexity index is 635. The van der Waals surface area contributed by atoms with Crippen molar-refractivity contribution in [1.82, 2.24) is 19.9 Å². The monoisotopic (exact) mass is 302 g/mol. The van der Waals surface area contributed by atoms with E-state index in [4.69, 9.17) is 4.74 Å².